The third kappa shape index (κ3) is 3.75. The fraction of sp³-hybridized carbons (Fsp3) is 0.231. The zero-order chi connectivity index (χ0) is 15.6. The van der Waals surface area contributed by atoms with Crippen LogP contribution in [0.4, 0.5) is 13.2 Å². The minimum atomic E-state index is -4.43. The SMILES string of the molecule is O=C([O-])CCc1oc(Cl)nc1-c1ccc(C(F)(F)F)cc1. The highest BCUT2D eigenvalue weighted by Gasteiger charge is 2.30. The molecule has 0 bridgehead atoms. The van der Waals surface area contributed by atoms with Crippen molar-refractivity contribution in [2.75, 3.05) is 0 Å². The second-order valence-corrected chi connectivity index (χ2v) is 4.51. The van der Waals surface area contributed by atoms with Crippen LogP contribution in [0.15, 0.2) is 28.7 Å². The van der Waals surface area contributed by atoms with Crippen LogP contribution < -0.4 is 5.11 Å². The largest absolute Gasteiger partial charge is 0.550 e. The maximum absolute atomic E-state index is 12.5. The number of aromatic nitrogens is 1. The number of hydrogen-bond donors (Lipinski definition) is 0. The molecule has 0 fully saturated rings. The summed E-state index contributed by atoms with van der Waals surface area (Å²) in [6.45, 7) is 0. The van der Waals surface area contributed by atoms with Gasteiger partial charge in [-0.3, -0.25) is 0 Å². The first-order valence-corrected chi connectivity index (χ1v) is 6.18. The molecule has 21 heavy (non-hydrogen) atoms. The number of aliphatic carboxylic acids is 1. The molecule has 1 aromatic carbocycles. The van der Waals surface area contributed by atoms with Gasteiger partial charge in [-0.05, 0) is 30.2 Å². The van der Waals surface area contributed by atoms with Crippen molar-refractivity contribution in [3.8, 4) is 11.3 Å². The Bertz CT molecular complexity index is 650. The Morgan fingerprint density at radius 2 is 1.90 bits per heavy atom. The van der Waals surface area contributed by atoms with Gasteiger partial charge in [-0.1, -0.05) is 12.1 Å². The monoisotopic (exact) mass is 318 g/mol. The third-order valence-electron chi connectivity index (χ3n) is 2.71. The molecule has 0 aliphatic heterocycles. The molecule has 8 heteroatoms. The summed E-state index contributed by atoms with van der Waals surface area (Å²) in [4.78, 5) is 14.3. The number of benzene rings is 1. The lowest BCUT2D eigenvalue weighted by atomic mass is 10.1. The van der Waals surface area contributed by atoms with Gasteiger partial charge >= 0.3 is 6.18 Å². The Morgan fingerprint density at radius 1 is 1.29 bits per heavy atom. The summed E-state index contributed by atoms with van der Waals surface area (Å²) >= 11 is 5.61. The topological polar surface area (TPSA) is 66.2 Å². The number of halogens is 4. The number of alkyl halides is 3. The van der Waals surface area contributed by atoms with E-state index >= 15 is 0 Å². The lowest BCUT2D eigenvalue weighted by molar-refractivity contribution is -0.305. The van der Waals surface area contributed by atoms with E-state index in [1.165, 1.54) is 12.1 Å². The van der Waals surface area contributed by atoms with Crippen LogP contribution in [0.2, 0.25) is 5.35 Å². The van der Waals surface area contributed by atoms with Crippen LogP contribution in [0, 0.1) is 0 Å². The first-order chi connectivity index (χ1) is 9.77. The smallest absolute Gasteiger partial charge is 0.416 e. The summed E-state index contributed by atoms with van der Waals surface area (Å²) in [5.74, 6) is -1.09. The van der Waals surface area contributed by atoms with Crippen LogP contribution in [0.1, 0.15) is 17.7 Å². The van der Waals surface area contributed by atoms with Crippen LogP contribution >= 0.6 is 11.6 Å². The Kier molecular flexibility index (Phi) is 4.22. The van der Waals surface area contributed by atoms with Crippen molar-refractivity contribution in [2.45, 2.75) is 19.0 Å². The molecule has 1 heterocycles. The molecule has 0 aliphatic rings. The molecule has 0 N–H and O–H groups in total. The van der Waals surface area contributed by atoms with Crippen LogP contribution in [0.5, 0.6) is 0 Å². The van der Waals surface area contributed by atoms with E-state index in [2.05, 4.69) is 4.98 Å². The van der Waals surface area contributed by atoms with Crippen molar-refractivity contribution < 1.29 is 27.5 Å². The molecule has 0 amide bonds. The molecular formula is C13H8ClF3NO3-. The fourth-order valence-corrected chi connectivity index (χ4v) is 1.93. The lowest BCUT2D eigenvalue weighted by Crippen LogP contribution is -2.22. The quantitative estimate of drug-likeness (QED) is 0.869. The molecule has 1 aromatic heterocycles. The molecular weight excluding hydrogens is 311 g/mol. The number of hydrogen-bond acceptors (Lipinski definition) is 4. The molecule has 0 atom stereocenters. The summed E-state index contributed by atoms with van der Waals surface area (Å²) in [5.41, 5.74) is -0.223. The third-order valence-corrected chi connectivity index (χ3v) is 2.87. The summed E-state index contributed by atoms with van der Waals surface area (Å²) in [6, 6.07) is 4.25. The zero-order valence-corrected chi connectivity index (χ0v) is 11.2. The van der Waals surface area contributed by atoms with Crippen molar-refractivity contribution >= 4 is 17.6 Å². The summed E-state index contributed by atoms with van der Waals surface area (Å²) in [6.07, 6.45) is -4.75. The molecule has 0 saturated heterocycles. The van der Waals surface area contributed by atoms with Crippen molar-refractivity contribution in [1.29, 1.82) is 0 Å². The molecule has 0 unspecified atom stereocenters. The highest BCUT2D eigenvalue weighted by atomic mass is 35.5. The predicted molar refractivity (Wildman–Crippen MR) is 65.3 cm³/mol. The molecule has 112 valence electrons. The average Bonchev–Trinajstić information content (AvgIpc) is 2.77. The average molecular weight is 319 g/mol. The van der Waals surface area contributed by atoms with E-state index in [1.807, 2.05) is 0 Å². The maximum Gasteiger partial charge on any atom is 0.416 e. The number of aryl methyl sites for hydroxylation is 1. The number of carboxylic acids is 1. The van der Waals surface area contributed by atoms with Crippen LogP contribution in [-0.4, -0.2) is 11.0 Å². The first-order valence-electron chi connectivity index (χ1n) is 5.80. The van der Waals surface area contributed by atoms with Crippen molar-refractivity contribution in [3.63, 3.8) is 0 Å². The van der Waals surface area contributed by atoms with Gasteiger partial charge in [-0.15, -0.1) is 0 Å². The highest BCUT2D eigenvalue weighted by Crippen LogP contribution is 2.32. The summed E-state index contributed by atoms with van der Waals surface area (Å²) in [7, 11) is 0. The Morgan fingerprint density at radius 3 is 2.43 bits per heavy atom. The van der Waals surface area contributed by atoms with E-state index in [4.69, 9.17) is 16.0 Å². The molecule has 2 aromatic rings. The van der Waals surface area contributed by atoms with Crippen LogP contribution in [0.3, 0.4) is 0 Å². The number of carbonyl (C=O) groups is 1. The van der Waals surface area contributed by atoms with E-state index in [-0.39, 0.29) is 29.6 Å². The highest BCUT2D eigenvalue weighted by molar-refractivity contribution is 6.27. The van der Waals surface area contributed by atoms with Crippen LogP contribution in [-0.2, 0) is 17.4 Å². The standard InChI is InChI=1S/C13H9ClF3NO3/c14-12-18-11(9(21-12)5-6-10(19)20)7-1-3-8(4-2-7)13(15,16)17/h1-4H,5-6H2,(H,19,20)/p-1. The summed E-state index contributed by atoms with van der Waals surface area (Å²) in [5, 5.41) is 10.2. The number of nitrogens with zero attached hydrogens (tertiary/aromatic N) is 1. The second kappa shape index (κ2) is 5.77. The van der Waals surface area contributed by atoms with Crippen molar-refractivity contribution in [2.24, 2.45) is 0 Å². The Balaban J connectivity index is 2.31. The van der Waals surface area contributed by atoms with Crippen molar-refractivity contribution in [1.82, 2.24) is 4.98 Å². The Labute approximate surface area is 122 Å². The van der Waals surface area contributed by atoms with E-state index in [0.717, 1.165) is 12.1 Å². The minimum absolute atomic E-state index is 0.0155. The van der Waals surface area contributed by atoms with Gasteiger partial charge in [-0.25, -0.2) is 0 Å². The molecule has 0 radical (unpaired) electrons. The van der Waals surface area contributed by atoms with Gasteiger partial charge in [0.25, 0.3) is 5.35 Å². The summed E-state index contributed by atoms with van der Waals surface area (Å²) < 4.78 is 42.5. The minimum Gasteiger partial charge on any atom is -0.550 e. The maximum atomic E-state index is 12.5. The van der Waals surface area contributed by atoms with Gasteiger partial charge in [0.2, 0.25) is 0 Å². The zero-order valence-electron chi connectivity index (χ0n) is 10.4. The predicted octanol–water partition coefficient (Wildman–Crippen LogP) is 2.70. The first kappa shape index (κ1) is 15.4. The lowest BCUT2D eigenvalue weighted by Gasteiger charge is -2.07. The molecule has 0 spiro atoms. The van der Waals surface area contributed by atoms with Gasteiger partial charge in [0.1, 0.15) is 11.5 Å². The molecule has 2 rings (SSSR count). The van der Waals surface area contributed by atoms with Gasteiger partial charge in [-0.2, -0.15) is 18.2 Å². The van der Waals surface area contributed by atoms with E-state index < -0.39 is 17.7 Å². The molecule has 0 saturated carbocycles. The number of rotatable bonds is 4. The van der Waals surface area contributed by atoms with Crippen LogP contribution in [0.25, 0.3) is 11.3 Å². The van der Waals surface area contributed by atoms with E-state index in [0.29, 0.717) is 5.56 Å². The van der Waals surface area contributed by atoms with Gasteiger partial charge in [0, 0.05) is 18.0 Å². The number of carboxylic acid groups (broad SMARTS) is 1. The fourth-order valence-electron chi connectivity index (χ4n) is 1.75. The van der Waals surface area contributed by atoms with Gasteiger partial charge in [0.15, 0.2) is 0 Å². The van der Waals surface area contributed by atoms with E-state index in [1.54, 1.807) is 0 Å². The normalized spacial score (nSPS) is 11.6. The van der Waals surface area contributed by atoms with Crippen molar-refractivity contribution in [3.05, 3.63) is 40.9 Å². The Hall–Kier alpha value is -2.02. The molecule has 0 aliphatic carbocycles. The molecule has 4 nitrogen and oxygen atoms in total. The number of carbonyl (C=O) groups excluding carboxylic acids is 1. The van der Waals surface area contributed by atoms with Gasteiger partial charge in [0.05, 0.1) is 5.56 Å². The second-order valence-electron chi connectivity index (χ2n) is 4.19. The van der Waals surface area contributed by atoms with Gasteiger partial charge < -0.3 is 14.3 Å². The number of oxazole rings is 1. The van der Waals surface area contributed by atoms with E-state index in [9.17, 15) is 23.1 Å².